The third-order valence-corrected chi connectivity index (χ3v) is 4.61. The Morgan fingerprint density at radius 3 is 2.52 bits per heavy atom. The van der Waals surface area contributed by atoms with Crippen LogP contribution in [0.15, 0.2) is 60.8 Å². The second kappa shape index (κ2) is 6.66. The Labute approximate surface area is 162 Å². The van der Waals surface area contributed by atoms with Crippen LogP contribution in [0.1, 0.15) is 5.56 Å². The molecule has 0 radical (unpaired) electrons. The van der Waals surface area contributed by atoms with E-state index in [0.29, 0.717) is 33.5 Å². The zero-order valence-electron chi connectivity index (χ0n) is 14.9. The molecule has 0 aliphatic carbocycles. The molecule has 0 amide bonds. The normalized spacial score (nSPS) is 11.4. The first-order valence-corrected chi connectivity index (χ1v) is 8.77. The molecule has 0 bridgehead atoms. The minimum absolute atomic E-state index is 0.0983. The first-order valence-electron chi connectivity index (χ1n) is 8.77. The van der Waals surface area contributed by atoms with Gasteiger partial charge in [-0.25, -0.2) is 22.8 Å². The topological polar surface area (TPSA) is 56.5 Å². The van der Waals surface area contributed by atoms with Gasteiger partial charge in [-0.3, -0.25) is 4.98 Å². The lowest BCUT2D eigenvalue weighted by molar-refractivity contribution is 0.582. The van der Waals surface area contributed by atoms with Gasteiger partial charge in [-0.05, 0) is 36.4 Å². The molecule has 0 saturated heterocycles. The summed E-state index contributed by atoms with van der Waals surface area (Å²) >= 11 is 0. The molecular formula is C21H12F3N5. The summed E-state index contributed by atoms with van der Waals surface area (Å²) in [5.41, 5.74) is 2.50. The Balaban J connectivity index is 1.58. The average molecular weight is 391 g/mol. The maximum Gasteiger partial charge on any atom is 0.179 e. The van der Waals surface area contributed by atoms with Crippen molar-refractivity contribution in [2.45, 2.75) is 6.54 Å². The van der Waals surface area contributed by atoms with Crippen molar-refractivity contribution in [1.29, 1.82) is 0 Å². The van der Waals surface area contributed by atoms with Gasteiger partial charge in [0.15, 0.2) is 5.65 Å². The summed E-state index contributed by atoms with van der Waals surface area (Å²) in [6.07, 6.45) is 1.60. The van der Waals surface area contributed by atoms with Gasteiger partial charge in [0, 0.05) is 34.8 Å². The monoisotopic (exact) mass is 391 g/mol. The Hall–Kier alpha value is -3.81. The van der Waals surface area contributed by atoms with E-state index >= 15 is 0 Å². The highest BCUT2D eigenvalue weighted by atomic mass is 19.1. The summed E-state index contributed by atoms with van der Waals surface area (Å²) in [6, 6.07) is 13.2. The summed E-state index contributed by atoms with van der Waals surface area (Å²) < 4.78 is 43.1. The van der Waals surface area contributed by atoms with Gasteiger partial charge in [-0.15, -0.1) is 5.10 Å². The minimum Gasteiger partial charge on any atom is -0.256 e. The highest BCUT2D eigenvalue weighted by molar-refractivity contribution is 5.79. The van der Waals surface area contributed by atoms with E-state index in [9.17, 15) is 13.2 Å². The van der Waals surface area contributed by atoms with Gasteiger partial charge >= 0.3 is 0 Å². The van der Waals surface area contributed by atoms with E-state index in [4.69, 9.17) is 0 Å². The molecule has 0 N–H and O–H groups in total. The van der Waals surface area contributed by atoms with Crippen LogP contribution in [0.4, 0.5) is 13.2 Å². The van der Waals surface area contributed by atoms with Crippen molar-refractivity contribution < 1.29 is 13.2 Å². The van der Waals surface area contributed by atoms with E-state index in [-0.39, 0.29) is 6.54 Å². The fourth-order valence-electron chi connectivity index (χ4n) is 3.25. The molecule has 0 aliphatic heterocycles. The number of hydrogen-bond donors (Lipinski definition) is 0. The fourth-order valence-corrected chi connectivity index (χ4v) is 3.25. The molecule has 3 heterocycles. The van der Waals surface area contributed by atoms with Crippen molar-refractivity contribution in [3.05, 3.63) is 83.8 Å². The predicted octanol–water partition coefficient (Wildman–Crippen LogP) is 4.51. The second-order valence-corrected chi connectivity index (χ2v) is 6.58. The third kappa shape index (κ3) is 3.18. The van der Waals surface area contributed by atoms with Gasteiger partial charge in [-0.1, -0.05) is 11.3 Å². The number of rotatable bonds is 3. The van der Waals surface area contributed by atoms with Crippen molar-refractivity contribution in [2.24, 2.45) is 0 Å². The number of hydrogen-bond acceptors (Lipinski definition) is 4. The van der Waals surface area contributed by atoms with E-state index in [0.717, 1.165) is 11.5 Å². The number of halogens is 3. The van der Waals surface area contributed by atoms with Crippen LogP contribution >= 0.6 is 0 Å². The van der Waals surface area contributed by atoms with E-state index in [1.54, 1.807) is 30.5 Å². The molecule has 0 saturated carbocycles. The molecule has 3 aromatic heterocycles. The van der Waals surface area contributed by atoms with Crippen molar-refractivity contribution in [1.82, 2.24) is 25.0 Å². The van der Waals surface area contributed by atoms with Crippen LogP contribution in [0.3, 0.4) is 0 Å². The molecule has 0 fully saturated rings. The lowest BCUT2D eigenvalue weighted by atomic mass is 10.1. The molecule has 0 spiro atoms. The van der Waals surface area contributed by atoms with Gasteiger partial charge in [0.25, 0.3) is 0 Å². The first-order chi connectivity index (χ1) is 14.1. The maximum atomic E-state index is 14.5. The molecule has 29 heavy (non-hydrogen) atoms. The van der Waals surface area contributed by atoms with Crippen molar-refractivity contribution in [3.8, 4) is 11.3 Å². The van der Waals surface area contributed by atoms with Crippen molar-refractivity contribution >= 4 is 22.1 Å². The Kier molecular flexibility index (Phi) is 3.97. The Morgan fingerprint density at radius 1 is 0.862 bits per heavy atom. The molecule has 0 atom stereocenters. The van der Waals surface area contributed by atoms with Crippen LogP contribution < -0.4 is 0 Å². The molecule has 5 aromatic rings. The molecule has 0 aliphatic rings. The zero-order chi connectivity index (χ0) is 20.0. The number of fused-ring (bicyclic) bond motifs is 2. The molecule has 142 valence electrons. The lowest BCUT2D eigenvalue weighted by Gasteiger charge is -2.07. The number of nitrogens with zero attached hydrogens (tertiary/aromatic N) is 5. The maximum absolute atomic E-state index is 14.5. The zero-order valence-corrected chi connectivity index (χ0v) is 14.9. The van der Waals surface area contributed by atoms with Gasteiger partial charge in [0.2, 0.25) is 0 Å². The minimum atomic E-state index is -0.694. The molecular weight excluding hydrogens is 379 g/mol. The van der Waals surface area contributed by atoms with Crippen LogP contribution in [0.25, 0.3) is 33.3 Å². The Morgan fingerprint density at radius 2 is 1.69 bits per heavy atom. The lowest BCUT2D eigenvalue weighted by Crippen LogP contribution is -2.05. The van der Waals surface area contributed by atoms with Crippen LogP contribution in [-0.2, 0) is 6.54 Å². The molecule has 5 nitrogen and oxygen atoms in total. The Bertz CT molecular complexity index is 1360. The highest BCUT2D eigenvalue weighted by Crippen LogP contribution is 2.23. The smallest absolute Gasteiger partial charge is 0.179 e. The largest absolute Gasteiger partial charge is 0.256 e. The van der Waals surface area contributed by atoms with Gasteiger partial charge in [0.05, 0.1) is 17.8 Å². The number of benzene rings is 2. The van der Waals surface area contributed by atoms with E-state index in [1.165, 1.54) is 22.9 Å². The van der Waals surface area contributed by atoms with Crippen LogP contribution in [0.5, 0.6) is 0 Å². The number of aromatic nitrogens is 5. The second-order valence-electron chi connectivity index (χ2n) is 6.58. The van der Waals surface area contributed by atoms with Crippen LogP contribution in [0.2, 0.25) is 0 Å². The van der Waals surface area contributed by atoms with Crippen LogP contribution in [0, 0.1) is 17.5 Å². The van der Waals surface area contributed by atoms with Crippen LogP contribution in [-0.4, -0.2) is 25.0 Å². The fraction of sp³-hybridized carbons (Fsp3) is 0.0476. The van der Waals surface area contributed by atoms with Crippen molar-refractivity contribution in [2.75, 3.05) is 0 Å². The summed E-state index contributed by atoms with van der Waals surface area (Å²) in [5.74, 6) is -1.80. The molecule has 5 rings (SSSR count). The summed E-state index contributed by atoms with van der Waals surface area (Å²) in [5, 5.41) is 8.90. The van der Waals surface area contributed by atoms with Gasteiger partial charge in [-0.2, -0.15) is 0 Å². The SMILES string of the molecule is Fc1cc(F)cc(-c2ccc3nnn(Cc4cc5cccnc5cc4F)c3n2)c1. The predicted molar refractivity (Wildman–Crippen MR) is 101 cm³/mol. The molecule has 2 aromatic carbocycles. The number of pyridine rings is 2. The van der Waals surface area contributed by atoms with Crippen molar-refractivity contribution in [3.63, 3.8) is 0 Å². The highest BCUT2D eigenvalue weighted by Gasteiger charge is 2.13. The first kappa shape index (κ1) is 17.3. The summed E-state index contributed by atoms with van der Waals surface area (Å²) in [7, 11) is 0. The van der Waals surface area contributed by atoms with E-state index < -0.39 is 17.5 Å². The molecule has 0 unspecified atom stereocenters. The van der Waals surface area contributed by atoms with E-state index in [1.807, 2.05) is 6.07 Å². The summed E-state index contributed by atoms with van der Waals surface area (Å²) in [6.45, 7) is 0.0983. The van der Waals surface area contributed by atoms with Gasteiger partial charge < -0.3 is 0 Å². The summed E-state index contributed by atoms with van der Waals surface area (Å²) in [4.78, 5) is 8.59. The van der Waals surface area contributed by atoms with E-state index in [2.05, 4.69) is 20.3 Å². The third-order valence-electron chi connectivity index (χ3n) is 4.61. The van der Waals surface area contributed by atoms with Gasteiger partial charge in [0.1, 0.15) is 23.0 Å². The average Bonchev–Trinajstić information content (AvgIpc) is 3.10. The molecule has 8 heteroatoms. The standard InChI is InChI=1S/C21H12F3N5/c22-15-7-13(8-16(23)9-15)18-3-4-19-21(26-18)29(28-27-19)11-14-6-12-2-1-5-25-20(12)10-17(14)24/h1-10H,11H2. The quantitative estimate of drug-likeness (QED) is 0.454.